The maximum Gasteiger partial charge on any atom is 0.140 e. The first-order chi connectivity index (χ1) is 7.60. The minimum atomic E-state index is -0.431. The van der Waals surface area contributed by atoms with Gasteiger partial charge in [-0.15, -0.1) is 0 Å². The number of rotatable bonds is 2. The van der Waals surface area contributed by atoms with Crippen molar-refractivity contribution in [2.75, 3.05) is 6.54 Å². The fourth-order valence-electron chi connectivity index (χ4n) is 2.65. The first kappa shape index (κ1) is 11.7. The zero-order chi connectivity index (χ0) is 11.8. The monoisotopic (exact) mass is 243 g/mol. The van der Waals surface area contributed by atoms with Crippen LogP contribution in [-0.4, -0.2) is 11.7 Å². The highest BCUT2D eigenvalue weighted by atomic mass is 35.5. The average Bonchev–Trinajstić information content (AvgIpc) is 2.74. The summed E-state index contributed by atoms with van der Waals surface area (Å²) in [5.74, 6) is -0.553. The van der Waals surface area contributed by atoms with Crippen molar-refractivity contribution < 1.29 is 9.50 Å². The molecule has 1 aliphatic carbocycles. The Labute approximate surface area is 99.2 Å². The van der Waals surface area contributed by atoms with E-state index in [-0.39, 0.29) is 10.8 Å². The standard InChI is InChI=1S/C12H15ClFNO/c13-8-3-4-9(14)10(11(8)16)12(7-15)5-1-2-6-12/h3-4,16H,1-2,5-7,15H2. The zero-order valence-electron chi connectivity index (χ0n) is 8.97. The van der Waals surface area contributed by atoms with Gasteiger partial charge in [0.1, 0.15) is 11.6 Å². The van der Waals surface area contributed by atoms with Crippen molar-refractivity contribution in [3.8, 4) is 5.75 Å². The molecule has 1 aromatic carbocycles. The molecular weight excluding hydrogens is 229 g/mol. The van der Waals surface area contributed by atoms with Crippen LogP contribution in [0.5, 0.6) is 5.75 Å². The number of aromatic hydroxyl groups is 1. The summed E-state index contributed by atoms with van der Waals surface area (Å²) in [5.41, 5.74) is 5.64. The number of phenols is 1. The molecule has 0 amide bonds. The van der Waals surface area contributed by atoms with Gasteiger partial charge in [-0.1, -0.05) is 24.4 Å². The molecule has 0 unspecified atom stereocenters. The van der Waals surface area contributed by atoms with Crippen molar-refractivity contribution in [2.45, 2.75) is 31.1 Å². The first-order valence-electron chi connectivity index (χ1n) is 5.48. The van der Waals surface area contributed by atoms with Crippen LogP contribution in [0.2, 0.25) is 5.02 Å². The first-order valence-corrected chi connectivity index (χ1v) is 5.86. The maximum absolute atomic E-state index is 13.8. The second kappa shape index (κ2) is 4.22. The van der Waals surface area contributed by atoms with Crippen LogP contribution in [-0.2, 0) is 5.41 Å². The van der Waals surface area contributed by atoms with Gasteiger partial charge in [-0.25, -0.2) is 4.39 Å². The minimum Gasteiger partial charge on any atom is -0.506 e. The molecule has 1 fully saturated rings. The number of benzene rings is 1. The molecule has 3 N–H and O–H groups in total. The van der Waals surface area contributed by atoms with Gasteiger partial charge in [0.2, 0.25) is 0 Å². The number of hydrogen-bond donors (Lipinski definition) is 2. The molecule has 0 spiro atoms. The van der Waals surface area contributed by atoms with Gasteiger partial charge in [0.05, 0.1) is 5.02 Å². The summed E-state index contributed by atoms with van der Waals surface area (Å²) in [6.45, 7) is 0.345. The Balaban J connectivity index is 2.57. The summed E-state index contributed by atoms with van der Waals surface area (Å²) in [7, 11) is 0. The lowest BCUT2D eigenvalue weighted by Crippen LogP contribution is -2.33. The summed E-state index contributed by atoms with van der Waals surface area (Å²) in [5, 5.41) is 10.1. The van der Waals surface area contributed by atoms with Crippen molar-refractivity contribution in [1.82, 2.24) is 0 Å². The molecule has 0 aromatic heterocycles. The molecule has 2 nitrogen and oxygen atoms in total. The molecule has 0 bridgehead atoms. The molecule has 0 saturated heterocycles. The molecule has 1 aromatic rings. The van der Waals surface area contributed by atoms with Crippen LogP contribution in [0.15, 0.2) is 12.1 Å². The van der Waals surface area contributed by atoms with Crippen LogP contribution in [0.3, 0.4) is 0 Å². The van der Waals surface area contributed by atoms with Crippen LogP contribution in [0.4, 0.5) is 4.39 Å². The van der Waals surface area contributed by atoms with Crippen molar-refractivity contribution >= 4 is 11.6 Å². The van der Waals surface area contributed by atoms with Crippen LogP contribution in [0.25, 0.3) is 0 Å². The van der Waals surface area contributed by atoms with E-state index in [1.165, 1.54) is 12.1 Å². The molecule has 1 saturated carbocycles. The fraction of sp³-hybridized carbons (Fsp3) is 0.500. The lowest BCUT2D eigenvalue weighted by molar-refractivity contribution is 0.385. The second-order valence-electron chi connectivity index (χ2n) is 4.44. The third kappa shape index (κ3) is 1.68. The van der Waals surface area contributed by atoms with E-state index in [0.29, 0.717) is 12.1 Å². The van der Waals surface area contributed by atoms with Crippen molar-refractivity contribution in [2.24, 2.45) is 5.73 Å². The third-order valence-electron chi connectivity index (χ3n) is 3.56. The summed E-state index contributed by atoms with van der Waals surface area (Å²) >= 11 is 5.83. The van der Waals surface area contributed by atoms with Gasteiger partial charge in [0.15, 0.2) is 0 Å². The van der Waals surface area contributed by atoms with Gasteiger partial charge >= 0.3 is 0 Å². The average molecular weight is 244 g/mol. The zero-order valence-corrected chi connectivity index (χ0v) is 9.73. The molecule has 88 valence electrons. The Kier molecular flexibility index (Phi) is 3.08. The molecule has 2 rings (SSSR count). The van der Waals surface area contributed by atoms with Crippen LogP contribution < -0.4 is 5.73 Å². The predicted molar refractivity (Wildman–Crippen MR) is 62.3 cm³/mol. The van der Waals surface area contributed by atoms with E-state index >= 15 is 0 Å². The third-order valence-corrected chi connectivity index (χ3v) is 3.86. The van der Waals surface area contributed by atoms with Crippen molar-refractivity contribution in [1.29, 1.82) is 0 Å². The van der Waals surface area contributed by atoms with E-state index < -0.39 is 11.2 Å². The summed E-state index contributed by atoms with van der Waals surface area (Å²) in [6, 6.07) is 2.67. The second-order valence-corrected chi connectivity index (χ2v) is 4.85. The SMILES string of the molecule is NCC1(c2c(F)ccc(Cl)c2O)CCCC1. The molecule has 4 heteroatoms. The summed E-state index contributed by atoms with van der Waals surface area (Å²) < 4.78 is 13.8. The molecule has 16 heavy (non-hydrogen) atoms. The number of hydrogen-bond acceptors (Lipinski definition) is 2. The largest absolute Gasteiger partial charge is 0.506 e. The Morgan fingerprint density at radius 2 is 2.00 bits per heavy atom. The minimum absolute atomic E-state index is 0.144. The lowest BCUT2D eigenvalue weighted by atomic mass is 9.78. The predicted octanol–water partition coefficient (Wildman–Crippen LogP) is 2.96. The van der Waals surface area contributed by atoms with Gasteiger partial charge in [0.25, 0.3) is 0 Å². The lowest BCUT2D eigenvalue weighted by Gasteiger charge is -2.29. The molecule has 0 radical (unpaired) electrons. The highest BCUT2D eigenvalue weighted by molar-refractivity contribution is 6.32. The summed E-state index contributed by atoms with van der Waals surface area (Å²) in [6.07, 6.45) is 3.66. The number of halogens is 2. The van der Waals surface area contributed by atoms with E-state index in [0.717, 1.165) is 25.7 Å². The topological polar surface area (TPSA) is 46.2 Å². The fourth-order valence-corrected chi connectivity index (χ4v) is 2.81. The van der Waals surface area contributed by atoms with Gasteiger partial charge < -0.3 is 10.8 Å². The van der Waals surface area contributed by atoms with E-state index in [9.17, 15) is 9.50 Å². The Morgan fingerprint density at radius 1 is 1.38 bits per heavy atom. The van der Waals surface area contributed by atoms with Crippen LogP contribution in [0.1, 0.15) is 31.2 Å². The maximum atomic E-state index is 13.8. The van der Waals surface area contributed by atoms with E-state index in [2.05, 4.69) is 0 Å². The van der Waals surface area contributed by atoms with Crippen molar-refractivity contribution in [3.63, 3.8) is 0 Å². The molecule has 0 aliphatic heterocycles. The van der Waals surface area contributed by atoms with Crippen LogP contribution in [0, 0.1) is 5.82 Å². The van der Waals surface area contributed by atoms with Gasteiger partial charge in [0, 0.05) is 17.5 Å². The summed E-state index contributed by atoms with van der Waals surface area (Å²) in [4.78, 5) is 0. The number of phenolic OH excluding ortho intramolecular Hbond substituents is 1. The Hall–Kier alpha value is -0.800. The molecule has 0 heterocycles. The highest BCUT2D eigenvalue weighted by Gasteiger charge is 2.39. The Bertz CT molecular complexity index is 402. The smallest absolute Gasteiger partial charge is 0.140 e. The van der Waals surface area contributed by atoms with Gasteiger partial charge in [-0.05, 0) is 25.0 Å². The molecule has 1 aliphatic rings. The van der Waals surface area contributed by atoms with E-state index in [4.69, 9.17) is 17.3 Å². The van der Waals surface area contributed by atoms with E-state index in [1.807, 2.05) is 0 Å². The highest BCUT2D eigenvalue weighted by Crippen LogP contribution is 2.46. The normalized spacial score (nSPS) is 18.9. The number of nitrogens with two attached hydrogens (primary N) is 1. The quantitative estimate of drug-likeness (QED) is 0.839. The van der Waals surface area contributed by atoms with E-state index in [1.54, 1.807) is 0 Å². The van der Waals surface area contributed by atoms with Gasteiger partial charge in [-0.2, -0.15) is 0 Å². The Morgan fingerprint density at radius 3 is 2.56 bits per heavy atom. The van der Waals surface area contributed by atoms with Crippen molar-refractivity contribution in [3.05, 3.63) is 28.5 Å². The molecular formula is C12H15ClFNO. The van der Waals surface area contributed by atoms with Gasteiger partial charge in [-0.3, -0.25) is 0 Å². The van der Waals surface area contributed by atoms with Crippen LogP contribution >= 0.6 is 11.6 Å². The molecule has 0 atom stereocenters.